The number of hydrogen-bond acceptors (Lipinski definition) is 4. The molecule has 17 heavy (non-hydrogen) atoms. The van der Waals surface area contributed by atoms with Crippen LogP contribution in [0.15, 0.2) is 16.6 Å². The number of hydrogen-bond donors (Lipinski definition) is 1. The molecule has 0 saturated heterocycles. The molecule has 0 radical (unpaired) electrons. The molecule has 0 aliphatic carbocycles. The maximum atomic E-state index is 12.1. The van der Waals surface area contributed by atoms with Crippen molar-refractivity contribution in [1.29, 1.82) is 0 Å². The van der Waals surface area contributed by atoms with Crippen molar-refractivity contribution in [3.63, 3.8) is 0 Å². The lowest BCUT2D eigenvalue weighted by molar-refractivity contribution is 0.551. The Balaban J connectivity index is 2.51. The average molecular weight is 294 g/mol. The number of sulfonamides is 1. The van der Waals surface area contributed by atoms with Gasteiger partial charge in [0.1, 0.15) is 0 Å². The number of imidazole rings is 1. The van der Waals surface area contributed by atoms with Gasteiger partial charge < -0.3 is 0 Å². The minimum Gasteiger partial charge on any atom is -0.279 e. The van der Waals surface area contributed by atoms with E-state index in [2.05, 4.69) is 9.71 Å². The second-order valence-corrected chi connectivity index (χ2v) is 6.55. The van der Waals surface area contributed by atoms with E-state index in [-0.39, 0.29) is 16.2 Å². The van der Waals surface area contributed by atoms with Crippen molar-refractivity contribution in [3.8, 4) is 0 Å². The molecule has 0 spiro atoms. The SMILES string of the molecule is CCC(C)NS(=O)(=O)c1c(Cl)nc2sccn12. The van der Waals surface area contributed by atoms with Crippen LogP contribution in [0, 0.1) is 0 Å². The largest absolute Gasteiger partial charge is 0.279 e. The molecule has 0 aliphatic heterocycles. The van der Waals surface area contributed by atoms with Gasteiger partial charge in [-0.1, -0.05) is 18.5 Å². The molecule has 2 rings (SSSR count). The van der Waals surface area contributed by atoms with Gasteiger partial charge in [0.2, 0.25) is 0 Å². The van der Waals surface area contributed by atoms with Crippen LogP contribution in [-0.4, -0.2) is 23.8 Å². The van der Waals surface area contributed by atoms with Crippen molar-refractivity contribution in [2.24, 2.45) is 0 Å². The highest BCUT2D eigenvalue weighted by Crippen LogP contribution is 2.25. The zero-order chi connectivity index (χ0) is 12.6. The van der Waals surface area contributed by atoms with Crippen LogP contribution in [0.3, 0.4) is 0 Å². The second kappa shape index (κ2) is 4.56. The summed E-state index contributed by atoms with van der Waals surface area (Å²) >= 11 is 7.21. The zero-order valence-corrected chi connectivity index (χ0v) is 11.7. The molecule has 1 N–H and O–H groups in total. The minimum absolute atomic E-state index is 0.00709. The first-order valence-corrected chi connectivity index (χ1v) is 7.83. The molecule has 2 heterocycles. The molecule has 0 aromatic carbocycles. The van der Waals surface area contributed by atoms with Crippen molar-refractivity contribution in [1.82, 2.24) is 14.1 Å². The minimum atomic E-state index is -3.63. The third kappa shape index (κ3) is 2.33. The van der Waals surface area contributed by atoms with Gasteiger partial charge in [0.05, 0.1) is 0 Å². The van der Waals surface area contributed by atoms with Crippen LogP contribution in [-0.2, 0) is 10.0 Å². The van der Waals surface area contributed by atoms with E-state index in [0.29, 0.717) is 11.4 Å². The van der Waals surface area contributed by atoms with E-state index in [4.69, 9.17) is 11.6 Å². The van der Waals surface area contributed by atoms with Gasteiger partial charge in [0.15, 0.2) is 15.1 Å². The van der Waals surface area contributed by atoms with E-state index in [9.17, 15) is 8.42 Å². The standard InChI is InChI=1S/C9H12ClN3O2S2/c1-3-6(2)12-17(14,15)8-7(10)11-9-13(8)4-5-16-9/h4-6,12H,3H2,1-2H3. The van der Waals surface area contributed by atoms with Gasteiger partial charge >= 0.3 is 0 Å². The number of nitrogens with zero attached hydrogens (tertiary/aromatic N) is 2. The van der Waals surface area contributed by atoms with E-state index in [1.807, 2.05) is 6.92 Å². The maximum Gasteiger partial charge on any atom is 0.260 e. The van der Waals surface area contributed by atoms with E-state index in [1.165, 1.54) is 15.7 Å². The Morgan fingerprint density at radius 1 is 1.65 bits per heavy atom. The summed E-state index contributed by atoms with van der Waals surface area (Å²) in [6, 6.07) is -0.139. The number of halogens is 1. The number of fused-ring (bicyclic) bond motifs is 1. The normalized spacial score (nSPS) is 14.3. The fourth-order valence-electron chi connectivity index (χ4n) is 1.38. The van der Waals surface area contributed by atoms with Gasteiger partial charge in [-0.3, -0.25) is 4.40 Å². The van der Waals surface area contributed by atoms with Crippen LogP contribution in [0.4, 0.5) is 0 Å². The summed E-state index contributed by atoms with van der Waals surface area (Å²) in [5, 5.41) is 1.78. The highest BCUT2D eigenvalue weighted by atomic mass is 35.5. The van der Waals surface area contributed by atoms with Gasteiger partial charge in [-0.25, -0.2) is 18.1 Å². The predicted molar refractivity (Wildman–Crippen MR) is 68.2 cm³/mol. The first-order chi connectivity index (χ1) is 7.95. The highest BCUT2D eigenvalue weighted by molar-refractivity contribution is 7.89. The molecule has 1 unspecified atom stereocenters. The number of thiazole rings is 1. The molecule has 5 nitrogen and oxygen atoms in total. The average Bonchev–Trinajstić information content (AvgIpc) is 2.75. The van der Waals surface area contributed by atoms with Crippen molar-refractivity contribution in [2.45, 2.75) is 31.3 Å². The summed E-state index contributed by atoms with van der Waals surface area (Å²) in [5.74, 6) is 0. The third-order valence-corrected chi connectivity index (χ3v) is 5.15. The summed E-state index contributed by atoms with van der Waals surface area (Å²) in [5.41, 5.74) is 0. The topological polar surface area (TPSA) is 63.5 Å². The van der Waals surface area contributed by atoms with Gasteiger partial charge in [0, 0.05) is 17.6 Å². The van der Waals surface area contributed by atoms with Gasteiger partial charge in [-0.05, 0) is 13.3 Å². The molecule has 8 heteroatoms. The molecular formula is C9H12ClN3O2S2. The van der Waals surface area contributed by atoms with Crippen LogP contribution < -0.4 is 4.72 Å². The fraction of sp³-hybridized carbons (Fsp3) is 0.444. The Bertz CT molecular complexity index is 632. The fourth-order valence-corrected chi connectivity index (χ4v) is 4.16. The van der Waals surface area contributed by atoms with E-state index < -0.39 is 10.0 Å². The van der Waals surface area contributed by atoms with Crippen LogP contribution in [0.2, 0.25) is 5.15 Å². The summed E-state index contributed by atoms with van der Waals surface area (Å²) in [6.45, 7) is 3.71. The van der Waals surface area contributed by atoms with Gasteiger partial charge in [-0.15, -0.1) is 11.3 Å². The molecule has 0 amide bonds. The Kier molecular flexibility index (Phi) is 3.44. The summed E-state index contributed by atoms with van der Waals surface area (Å²) < 4.78 is 28.3. The van der Waals surface area contributed by atoms with E-state index in [0.717, 1.165) is 0 Å². The Morgan fingerprint density at radius 2 is 2.35 bits per heavy atom. The Morgan fingerprint density at radius 3 is 3.00 bits per heavy atom. The van der Waals surface area contributed by atoms with Crippen molar-refractivity contribution >= 4 is 37.9 Å². The lowest BCUT2D eigenvalue weighted by atomic mass is 10.3. The second-order valence-electron chi connectivity index (χ2n) is 3.69. The molecular weight excluding hydrogens is 282 g/mol. The van der Waals surface area contributed by atoms with Crippen LogP contribution in [0.1, 0.15) is 20.3 Å². The molecule has 0 bridgehead atoms. The summed E-state index contributed by atoms with van der Waals surface area (Å²) in [4.78, 5) is 4.57. The number of nitrogens with one attached hydrogen (secondary N) is 1. The Labute approximate surface area is 108 Å². The maximum absolute atomic E-state index is 12.1. The first kappa shape index (κ1) is 12.8. The number of rotatable bonds is 4. The molecule has 0 fully saturated rings. The molecule has 0 saturated carbocycles. The lowest BCUT2D eigenvalue weighted by Gasteiger charge is -2.11. The van der Waals surface area contributed by atoms with E-state index >= 15 is 0 Å². The van der Waals surface area contributed by atoms with Crippen LogP contribution >= 0.6 is 22.9 Å². The van der Waals surface area contributed by atoms with Crippen LogP contribution in [0.25, 0.3) is 4.96 Å². The Hall–Kier alpha value is -0.630. The highest BCUT2D eigenvalue weighted by Gasteiger charge is 2.25. The quantitative estimate of drug-likeness (QED) is 0.939. The van der Waals surface area contributed by atoms with Crippen molar-refractivity contribution in [3.05, 3.63) is 16.7 Å². The van der Waals surface area contributed by atoms with Crippen molar-refractivity contribution < 1.29 is 8.42 Å². The molecule has 1 atom stereocenters. The molecule has 2 aromatic rings. The zero-order valence-electron chi connectivity index (χ0n) is 9.34. The molecule has 0 aliphatic rings. The van der Waals surface area contributed by atoms with Crippen molar-refractivity contribution in [2.75, 3.05) is 0 Å². The van der Waals surface area contributed by atoms with Gasteiger partial charge in [0.25, 0.3) is 10.0 Å². The molecule has 2 aromatic heterocycles. The summed E-state index contributed by atoms with van der Waals surface area (Å²) in [6.07, 6.45) is 2.35. The molecule has 94 valence electrons. The van der Waals surface area contributed by atoms with Crippen LogP contribution in [0.5, 0.6) is 0 Å². The summed E-state index contributed by atoms with van der Waals surface area (Å²) in [7, 11) is -3.63. The monoisotopic (exact) mass is 293 g/mol. The predicted octanol–water partition coefficient (Wildman–Crippen LogP) is 2.13. The van der Waals surface area contributed by atoms with E-state index in [1.54, 1.807) is 18.5 Å². The van der Waals surface area contributed by atoms with Gasteiger partial charge in [-0.2, -0.15) is 0 Å². The lowest BCUT2D eigenvalue weighted by Crippen LogP contribution is -2.32. The number of aromatic nitrogens is 2. The first-order valence-electron chi connectivity index (χ1n) is 5.09. The smallest absolute Gasteiger partial charge is 0.260 e. The third-order valence-electron chi connectivity index (χ3n) is 2.40.